The number of amides is 1. The van der Waals surface area contributed by atoms with Gasteiger partial charge in [-0.1, -0.05) is 29.8 Å². The van der Waals surface area contributed by atoms with Crippen molar-refractivity contribution in [1.82, 2.24) is 14.9 Å². The number of carbonyl (C=O) groups excluding carboxylic acids is 1. The fourth-order valence-corrected chi connectivity index (χ4v) is 4.45. The lowest BCUT2D eigenvalue weighted by molar-refractivity contribution is -0.132. The first-order valence-corrected chi connectivity index (χ1v) is 10.6. The number of rotatable bonds is 3. The molecule has 1 atom stereocenters. The van der Waals surface area contributed by atoms with E-state index >= 15 is 0 Å². The highest BCUT2D eigenvalue weighted by atomic mass is 35.5. The summed E-state index contributed by atoms with van der Waals surface area (Å²) in [5, 5.41) is 2.95. The van der Waals surface area contributed by atoms with E-state index in [0.29, 0.717) is 13.1 Å². The van der Waals surface area contributed by atoms with E-state index in [1.165, 1.54) is 0 Å². The molecule has 0 radical (unpaired) electrons. The van der Waals surface area contributed by atoms with E-state index in [1.807, 2.05) is 54.4 Å². The molecule has 0 spiro atoms. The predicted octanol–water partition coefficient (Wildman–Crippen LogP) is 4.82. The second kappa shape index (κ2) is 7.65. The minimum Gasteiger partial charge on any atom is -0.355 e. The second-order valence-corrected chi connectivity index (χ2v) is 8.28. The molecule has 0 unspecified atom stereocenters. The smallest absolute Gasteiger partial charge is 0.229 e. The van der Waals surface area contributed by atoms with Crippen LogP contribution < -0.4 is 4.90 Å². The Bertz CT molecular complexity index is 1210. The number of nitrogens with one attached hydrogen (secondary N) is 1. The number of hydrogen-bond donors (Lipinski definition) is 1. The molecule has 1 N–H and O–H groups in total. The van der Waals surface area contributed by atoms with Crippen molar-refractivity contribution in [3.63, 3.8) is 0 Å². The van der Waals surface area contributed by atoms with Gasteiger partial charge in [0, 0.05) is 59.2 Å². The van der Waals surface area contributed by atoms with Crippen molar-refractivity contribution in [2.24, 2.45) is 0 Å². The molecule has 5 rings (SSSR count). The first-order chi connectivity index (χ1) is 14.6. The van der Waals surface area contributed by atoms with E-state index in [9.17, 15) is 4.79 Å². The van der Waals surface area contributed by atoms with Crippen LogP contribution >= 0.6 is 11.6 Å². The maximum atomic E-state index is 13.2. The Labute approximate surface area is 180 Å². The molecule has 0 aliphatic carbocycles. The van der Waals surface area contributed by atoms with Crippen LogP contribution in [0.25, 0.3) is 21.8 Å². The van der Waals surface area contributed by atoms with E-state index in [2.05, 4.69) is 33.1 Å². The molecule has 2 aromatic carbocycles. The summed E-state index contributed by atoms with van der Waals surface area (Å²) in [6, 6.07) is 18.0. The number of H-pyrrole nitrogens is 1. The highest BCUT2D eigenvalue weighted by molar-refractivity contribution is 6.31. The van der Waals surface area contributed by atoms with Gasteiger partial charge in [-0.15, -0.1) is 0 Å². The Kier molecular flexibility index (Phi) is 4.83. The van der Waals surface area contributed by atoms with Crippen LogP contribution in [0.2, 0.25) is 5.02 Å². The summed E-state index contributed by atoms with van der Waals surface area (Å²) in [6.07, 6.45) is 1.81. The molecule has 1 amide bonds. The third-order valence-corrected chi connectivity index (χ3v) is 6.25. The molecule has 152 valence electrons. The number of nitrogens with zero attached hydrogens (tertiary/aromatic N) is 3. The van der Waals surface area contributed by atoms with E-state index in [1.54, 1.807) is 0 Å². The number of benzene rings is 2. The Balaban J connectivity index is 1.33. The summed E-state index contributed by atoms with van der Waals surface area (Å²) in [5.41, 5.74) is 3.11. The molecule has 30 heavy (non-hydrogen) atoms. The van der Waals surface area contributed by atoms with E-state index in [0.717, 1.165) is 51.3 Å². The molecule has 4 aromatic rings. The summed E-state index contributed by atoms with van der Waals surface area (Å²) in [5.74, 6) is 0.960. The lowest BCUT2D eigenvalue weighted by Crippen LogP contribution is -2.50. The standard InChI is InChI=1S/C24H23ClN4O/c1-16(24(30)29-12-10-28(11-13-29)23-4-2-3-9-26-23)17-5-7-19-20-15-18(25)6-8-21(20)27-22(19)14-17/h2-9,14-16,27H,10-13H2,1H3/t16-/m0/s1. The van der Waals surface area contributed by atoms with Crippen LogP contribution in [0.1, 0.15) is 18.4 Å². The van der Waals surface area contributed by atoms with Crippen molar-refractivity contribution in [3.05, 3.63) is 71.4 Å². The third-order valence-electron chi connectivity index (χ3n) is 6.02. The van der Waals surface area contributed by atoms with Crippen LogP contribution in [0.5, 0.6) is 0 Å². The minimum absolute atomic E-state index is 0.175. The quantitative estimate of drug-likeness (QED) is 0.518. The van der Waals surface area contributed by atoms with Crippen LogP contribution in [0.4, 0.5) is 5.82 Å². The minimum atomic E-state index is -0.189. The third kappa shape index (κ3) is 3.39. The van der Waals surface area contributed by atoms with Gasteiger partial charge in [-0.3, -0.25) is 4.79 Å². The molecule has 1 aliphatic rings. The number of hydrogen-bond acceptors (Lipinski definition) is 3. The molecule has 1 saturated heterocycles. The summed E-state index contributed by atoms with van der Waals surface area (Å²) < 4.78 is 0. The van der Waals surface area contributed by atoms with Gasteiger partial charge in [-0.25, -0.2) is 4.98 Å². The zero-order chi connectivity index (χ0) is 20.7. The van der Waals surface area contributed by atoms with Gasteiger partial charge in [0.15, 0.2) is 0 Å². The number of carbonyl (C=O) groups is 1. The summed E-state index contributed by atoms with van der Waals surface area (Å²) in [4.78, 5) is 25.2. The van der Waals surface area contributed by atoms with Crippen LogP contribution in [-0.2, 0) is 4.79 Å². The van der Waals surface area contributed by atoms with E-state index in [4.69, 9.17) is 11.6 Å². The van der Waals surface area contributed by atoms with Crippen LogP contribution in [-0.4, -0.2) is 47.0 Å². The van der Waals surface area contributed by atoms with E-state index < -0.39 is 0 Å². The Morgan fingerprint density at radius 2 is 1.83 bits per heavy atom. The van der Waals surface area contributed by atoms with Gasteiger partial charge in [-0.05, 0) is 48.9 Å². The number of halogens is 1. The van der Waals surface area contributed by atoms with Crippen molar-refractivity contribution < 1.29 is 4.79 Å². The SMILES string of the molecule is C[C@H](C(=O)N1CCN(c2ccccn2)CC1)c1ccc2c(c1)[nH]c1ccc(Cl)cc12. The van der Waals surface area contributed by atoms with Gasteiger partial charge < -0.3 is 14.8 Å². The molecule has 1 aliphatic heterocycles. The van der Waals surface area contributed by atoms with Gasteiger partial charge in [0.2, 0.25) is 5.91 Å². The van der Waals surface area contributed by atoms with Gasteiger partial charge in [0.25, 0.3) is 0 Å². The fraction of sp³-hybridized carbons (Fsp3) is 0.250. The molecule has 6 heteroatoms. The van der Waals surface area contributed by atoms with Gasteiger partial charge >= 0.3 is 0 Å². The molecule has 1 fully saturated rings. The highest BCUT2D eigenvalue weighted by Crippen LogP contribution is 2.30. The Morgan fingerprint density at radius 3 is 2.60 bits per heavy atom. The second-order valence-electron chi connectivity index (χ2n) is 7.84. The average molecular weight is 419 g/mol. The van der Waals surface area contributed by atoms with Crippen LogP contribution in [0.15, 0.2) is 60.8 Å². The number of piperazine rings is 1. The average Bonchev–Trinajstić information content (AvgIpc) is 3.16. The Hall–Kier alpha value is -3.05. The normalized spacial score (nSPS) is 15.7. The summed E-state index contributed by atoms with van der Waals surface area (Å²) in [7, 11) is 0. The number of aromatic nitrogens is 2. The lowest BCUT2D eigenvalue weighted by Gasteiger charge is -2.36. The maximum absolute atomic E-state index is 13.2. The van der Waals surface area contributed by atoms with Crippen molar-refractivity contribution in [2.75, 3.05) is 31.1 Å². The van der Waals surface area contributed by atoms with Gasteiger partial charge in [0.05, 0.1) is 5.92 Å². The molecular formula is C24H23ClN4O. The number of anilines is 1. The Morgan fingerprint density at radius 1 is 1.00 bits per heavy atom. The van der Waals surface area contributed by atoms with Gasteiger partial charge in [-0.2, -0.15) is 0 Å². The van der Waals surface area contributed by atoms with Crippen molar-refractivity contribution in [1.29, 1.82) is 0 Å². The van der Waals surface area contributed by atoms with E-state index in [-0.39, 0.29) is 11.8 Å². The molecule has 3 heterocycles. The lowest BCUT2D eigenvalue weighted by atomic mass is 9.97. The first kappa shape index (κ1) is 18.9. The number of pyridine rings is 1. The largest absolute Gasteiger partial charge is 0.355 e. The monoisotopic (exact) mass is 418 g/mol. The van der Waals surface area contributed by atoms with Crippen molar-refractivity contribution in [2.45, 2.75) is 12.8 Å². The van der Waals surface area contributed by atoms with Crippen LogP contribution in [0, 0.1) is 0 Å². The summed E-state index contributed by atoms with van der Waals surface area (Å²) in [6.45, 7) is 5.03. The zero-order valence-corrected chi connectivity index (χ0v) is 17.6. The predicted molar refractivity (Wildman–Crippen MR) is 122 cm³/mol. The molecule has 0 saturated carbocycles. The maximum Gasteiger partial charge on any atom is 0.229 e. The molecular weight excluding hydrogens is 396 g/mol. The highest BCUT2D eigenvalue weighted by Gasteiger charge is 2.26. The number of aromatic amines is 1. The van der Waals surface area contributed by atoms with Crippen molar-refractivity contribution >= 4 is 45.1 Å². The van der Waals surface area contributed by atoms with Gasteiger partial charge in [0.1, 0.15) is 5.82 Å². The summed E-state index contributed by atoms with van der Waals surface area (Å²) >= 11 is 6.16. The zero-order valence-electron chi connectivity index (χ0n) is 16.8. The first-order valence-electron chi connectivity index (χ1n) is 10.3. The molecule has 5 nitrogen and oxygen atoms in total. The van der Waals surface area contributed by atoms with Crippen molar-refractivity contribution in [3.8, 4) is 0 Å². The molecule has 0 bridgehead atoms. The number of fused-ring (bicyclic) bond motifs is 3. The topological polar surface area (TPSA) is 52.2 Å². The fourth-order valence-electron chi connectivity index (χ4n) is 4.28. The van der Waals surface area contributed by atoms with Crippen LogP contribution in [0.3, 0.4) is 0 Å². The molecule has 2 aromatic heterocycles.